The Bertz CT molecular complexity index is 1180. The number of rotatable bonds is 6. The van der Waals surface area contributed by atoms with Crippen LogP contribution in [-0.4, -0.2) is 51.5 Å². The van der Waals surface area contributed by atoms with Crippen LogP contribution in [0.25, 0.3) is 11.2 Å². The number of fused-ring (bicyclic) bond motifs is 1. The van der Waals surface area contributed by atoms with E-state index in [-0.39, 0.29) is 0 Å². The van der Waals surface area contributed by atoms with Gasteiger partial charge in [-0.05, 0) is 37.1 Å². The zero-order valence-corrected chi connectivity index (χ0v) is 16.9. The molecule has 0 saturated carbocycles. The van der Waals surface area contributed by atoms with Crippen molar-refractivity contribution in [3.05, 3.63) is 49.1 Å². The highest BCUT2D eigenvalue weighted by atomic mass is 16.5. The van der Waals surface area contributed by atoms with E-state index in [1.54, 1.807) is 20.5 Å². The second-order valence-corrected chi connectivity index (χ2v) is 7.12. The summed E-state index contributed by atoms with van der Waals surface area (Å²) in [7, 11) is 3.24. The number of imidazole rings is 1. The monoisotopic (exact) mass is 405 g/mol. The van der Waals surface area contributed by atoms with Crippen LogP contribution < -0.4 is 19.7 Å². The third kappa shape index (κ3) is 3.28. The van der Waals surface area contributed by atoms with E-state index in [0.29, 0.717) is 23.3 Å². The fourth-order valence-electron chi connectivity index (χ4n) is 3.76. The van der Waals surface area contributed by atoms with E-state index in [4.69, 9.17) is 14.5 Å². The number of hydrogen-bond donors (Lipinski definition) is 1. The molecular formula is C21H23N7O2. The molecule has 0 unspecified atom stereocenters. The summed E-state index contributed by atoms with van der Waals surface area (Å²) < 4.78 is 14.5. The molecule has 4 aromatic rings. The number of methoxy groups -OCH3 is 2. The average molecular weight is 405 g/mol. The van der Waals surface area contributed by atoms with Crippen LogP contribution in [0.5, 0.6) is 11.5 Å². The molecule has 30 heavy (non-hydrogen) atoms. The molecule has 1 saturated heterocycles. The normalized spacial score (nSPS) is 13.7. The molecule has 1 fully saturated rings. The Morgan fingerprint density at radius 3 is 2.67 bits per heavy atom. The molecule has 0 radical (unpaired) electrons. The van der Waals surface area contributed by atoms with E-state index in [2.05, 4.69) is 20.3 Å². The minimum Gasteiger partial charge on any atom is -0.493 e. The number of aromatic nitrogens is 5. The molecule has 0 bridgehead atoms. The van der Waals surface area contributed by atoms with Gasteiger partial charge in [-0.1, -0.05) is 0 Å². The van der Waals surface area contributed by atoms with Gasteiger partial charge in [0.05, 0.1) is 26.1 Å². The zero-order valence-electron chi connectivity index (χ0n) is 16.9. The largest absolute Gasteiger partial charge is 0.493 e. The third-order valence-corrected chi connectivity index (χ3v) is 5.26. The summed E-state index contributed by atoms with van der Waals surface area (Å²) in [4.78, 5) is 11.5. The summed E-state index contributed by atoms with van der Waals surface area (Å²) in [6.07, 6.45) is 7.94. The van der Waals surface area contributed by atoms with Gasteiger partial charge in [-0.2, -0.15) is 4.98 Å². The first kappa shape index (κ1) is 18.3. The molecule has 0 atom stereocenters. The first-order chi connectivity index (χ1) is 14.7. The third-order valence-electron chi connectivity index (χ3n) is 5.26. The molecule has 4 heterocycles. The van der Waals surface area contributed by atoms with Crippen LogP contribution in [0.4, 0.5) is 17.6 Å². The highest BCUT2D eigenvalue weighted by Gasteiger charge is 2.18. The molecule has 1 N–H and O–H groups in total. The molecule has 154 valence electrons. The summed E-state index contributed by atoms with van der Waals surface area (Å²) in [6, 6.07) is 9.74. The van der Waals surface area contributed by atoms with Gasteiger partial charge in [-0.3, -0.25) is 0 Å². The molecule has 0 amide bonds. The Hall–Kier alpha value is -3.75. The van der Waals surface area contributed by atoms with Gasteiger partial charge in [0.1, 0.15) is 11.8 Å². The molecule has 1 aromatic carbocycles. The van der Waals surface area contributed by atoms with E-state index >= 15 is 0 Å². The maximum atomic E-state index is 5.39. The Kier molecular flexibility index (Phi) is 4.62. The first-order valence-electron chi connectivity index (χ1n) is 9.89. The van der Waals surface area contributed by atoms with Crippen molar-refractivity contribution < 1.29 is 9.47 Å². The van der Waals surface area contributed by atoms with Crippen LogP contribution in [0.15, 0.2) is 49.1 Å². The second kappa shape index (κ2) is 7.58. The fraction of sp³-hybridized carbons (Fsp3) is 0.286. The smallest absolute Gasteiger partial charge is 0.248 e. The van der Waals surface area contributed by atoms with Crippen molar-refractivity contribution in [2.24, 2.45) is 0 Å². The lowest BCUT2D eigenvalue weighted by Crippen LogP contribution is -2.21. The zero-order chi connectivity index (χ0) is 20.5. The minimum atomic E-state index is 0.512. The molecule has 3 aromatic heterocycles. The SMILES string of the molecule is COc1ccc(-n2cnc(Nc3nc(N4CCCC4)c4cccn4n3)c2)cc1OC. The Labute approximate surface area is 173 Å². The van der Waals surface area contributed by atoms with Crippen molar-refractivity contribution in [1.29, 1.82) is 0 Å². The van der Waals surface area contributed by atoms with Crippen LogP contribution in [0, 0.1) is 0 Å². The number of anilines is 3. The average Bonchev–Trinajstić information content (AvgIpc) is 3.54. The summed E-state index contributed by atoms with van der Waals surface area (Å²) in [5.41, 5.74) is 1.92. The molecule has 1 aliphatic rings. The van der Waals surface area contributed by atoms with Crippen molar-refractivity contribution in [3.8, 4) is 17.2 Å². The van der Waals surface area contributed by atoms with E-state index in [1.165, 1.54) is 12.8 Å². The molecule has 9 nitrogen and oxygen atoms in total. The molecule has 1 aliphatic heterocycles. The van der Waals surface area contributed by atoms with Crippen molar-refractivity contribution in [1.82, 2.24) is 24.1 Å². The predicted molar refractivity (Wildman–Crippen MR) is 114 cm³/mol. The Morgan fingerprint density at radius 1 is 1.03 bits per heavy atom. The fourth-order valence-corrected chi connectivity index (χ4v) is 3.76. The van der Waals surface area contributed by atoms with E-state index in [9.17, 15) is 0 Å². The first-order valence-corrected chi connectivity index (χ1v) is 9.89. The highest BCUT2D eigenvalue weighted by Crippen LogP contribution is 2.30. The van der Waals surface area contributed by atoms with Gasteiger partial charge in [-0.25, -0.2) is 9.50 Å². The van der Waals surface area contributed by atoms with Crippen LogP contribution in [0.3, 0.4) is 0 Å². The molecule has 0 aliphatic carbocycles. The maximum absolute atomic E-state index is 5.39. The maximum Gasteiger partial charge on any atom is 0.248 e. The lowest BCUT2D eigenvalue weighted by molar-refractivity contribution is 0.355. The van der Waals surface area contributed by atoms with Crippen LogP contribution in [0.2, 0.25) is 0 Å². The Morgan fingerprint density at radius 2 is 1.87 bits per heavy atom. The van der Waals surface area contributed by atoms with Crippen LogP contribution >= 0.6 is 0 Å². The lowest BCUT2D eigenvalue weighted by atomic mass is 10.2. The quantitative estimate of drug-likeness (QED) is 0.527. The summed E-state index contributed by atoms with van der Waals surface area (Å²) >= 11 is 0. The summed E-state index contributed by atoms with van der Waals surface area (Å²) in [5.74, 6) is 3.47. The number of ether oxygens (including phenoxy) is 2. The van der Waals surface area contributed by atoms with Crippen LogP contribution in [0.1, 0.15) is 12.8 Å². The van der Waals surface area contributed by atoms with Gasteiger partial charge in [0.2, 0.25) is 5.95 Å². The van der Waals surface area contributed by atoms with E-state index in [1.807, 2.05) is 51.8 Å². The topological polar surface area (TPSA) is 81.7 Å². The minimum absolute atomic E-state index is 0.512. The van der Waals surface area contributed by atoms with Crippen molar-refractivity contribution in [2.45, 2.75) is 12.8 Å². The Balaban J connectivity index is 1.43. The molecule has 0 spiro atoms. The number of nitrogens with one attached hydrogen (secondary N) is 1. The number of nitrogens with zero attached hydrogens (tertiary/aromatic N) is 6. The number of benzene rings is 1. The van der Waals surface area contributed by atoms with Gasteiger partial charge >= 0.3 is 0 Å². The number of hydrogen-bond acceptors (Lipinski definition) is 7. The van der Waals surface area contributed by atoms with Gasteiger partial charge in [0.25, 0.3) is 0 Å². The highest BCUT2D eigenvalue weighted by molar-refractivity contribution is 5.71. The molecule has 9 heteroatoms. The van der Waals surface area contributed by atoms with Gasteiger partial charge in [0.15, 0.2) is 23.1 Å². The summed E-state index contributed by atoms with van der Waals surface area (Å²) in [5, 5.41) is 7.81. The van der Waals surface area contributed by atoms with Crippen molar-refractivity contribution in [3.63, 3.8) is 0 Å². The second-order valence-electron chi connectivity index (χ2n) is 7.12. The van der Waals surface area contributed by atoms with Crippen molar-refractivity contribution >= 4 is 23.1 Å². The van der Waals surface area contributed by atoms with Crippen molar-refractivity contribution in [2.75, 3.05) is 37.5 Å². The van der Waals surface area contributed by atoms with Crippen LogP contribution in [-0.2, 0) is 0 Å². The molecular weight excluding hydrogens is 382 g/mol. The lowest BCUT2D eigenvalue weighted by Gasteiger charge is -2.18. The summed E-state index contributed by atoms with van der Waals surface area (Å²) in [6.45, 7) is 2.04. The van der Waals surface area contributed by atoms with Gasteiger partial charge in [-0.15, -0.1) is 5.10 Å². The van der Waals surface area contributed by atoms with E-state index < -0.39 is 0 Å². The van der Waals surface area contributed by atoms with Gasteiger partial charge in [0, 0.05) is 25.4 Å². The standard InChI is InChI=1S/C21H23N7O2/c1-29-17-8-7-15(12-18(17)30-2)27-13-19(22-14-27)23-21-24-20(26-9-3-4-10-26)16-6-5-11-28(16)25-21/h5-8,11-14H,3-4,9-10H2,1-2H3,(H,23,25). The van der Waals surface area contributed by atoms with Gasteiger partial charge < -0.3 is 24.3 Å². The molecule has 5 rings (SSSR count). The predicted octanol–water partition coefficient (Wildman–Crippen LogP) is 3.28. The van der Waals surface area contributed by atoms with E-state index in [0.717, 1.165) is 30.1 Å².